The number of hydrogen-bond donors (Lipinski definition) is 2. The second-order valence-electron chi connectivity index (χ2n) is 10.3. The van der Waals surface area contributed by atoms with Gasteiger partial charge in [-0.2, -0.15) is 0 Å². The minimum atomic E-state index is -0.557. The summed E-state index contributed by atoms with van der Waals surface area (Å²) < 4.78 is 22.0. The summed E-state index contributed by atoms with van der Waals surface area (Å²) in [5.41, 5.74) is 5.10. The fraction of sp³-hybridized carbons (Fsp3) is 0.294. The van der Waals surface area contributed by atoms with E-state index in [9.17, 15) is 9.59 Å². The molecule has 1 amide bonds. The van der Waals surface area contributed by atoms with E-state index in [4.69, 9.17) is 18.9 Å². The Morgan fingerprint density at radius 3 is 2.33 bits per heavy atom. The maximum absolute atomic E-state index is 14.0. The number of allylic oxidation sites excluding steroid dienone is 3. The number of hydrogen-bond acceptors (Lipinski definition) is 7. The van der Waals surface area contributed by atoms with Crippen molar-refractivity contribution < 1.29 is 28.5 Å². The van der Waals surface area contributed by atoms with Gasteiger partial charge in [0.15, 0.2) is 17.3 Å². The highest BCUT2D eigenvalue weighted by Gasteiger charge is 2.41. The van der Waals surface area contributed by atoms with E-state index < -0.39 is 5.92 Å². The average Bonchev–Trinajstić information content (AvgIpc) is 3.00. The van der Waals surface area contributed by atoms with Gasteiger partial charge in [-0.15, -0.1) is 0 Å². The first-order chi connectivity index (χ1) is 20.4. The lowest BCUT2D eigenvalue weighted by Gasteiger charge is -2.37. The molecule has 8 nitrogen and oxygen atoms in total. The van der Waals surface area contributed by atoms with Crippen molar-refractivity contribution in [1.82, 2.24) is 5.32 Å². The maximum atomic E-state index is 14.0. The van der Waals surface area contributed by atoms with Crippen molar-refractivity contribution in [1.29, 1.82) is 0 Å². The van der Waals surface area contributed by atoms with E-state index in [-0.39, 0.29) is 17.6 Å². The molecular formula is C34H36N2O6. The van der Waals surface area contributed by atoms with Crippen molar-refractivity contribution in [3.8, 4) is 23.0 Å². The molecule has 5 rings (SSSR count). The monoisotopic (exact) mass is 568 g/mol. The fourth-order valence-electron chi connectivity index (χ4n) is 5.84. The average molecular weight is 569 g/mol. The van der Waals surface area contributed by atoms with Crippen LogP contribution in [-0.2, 0) is 9.59 Å². The van der Waals surface area contributed by atoms with E-state index in [0.29, 0.717) is 65.0 Å². The number of ether oxygens (including phenoxy) is 4. The third-order valence-electron chi connectivity index (χ3n) is 7.80. The maximum Gasteiger partial charge on any atom is 0.254 e. The van der Waals surface area contributed by atoms with Crippen LogP contribution in [-0.4, -0.2) is 39.6 Å². The molecule has 1 aliphatic heterocycles. The summed E-state index contributed by atoms with van der Waals surface area (Å²) in [5.74, 6) is 1.75. The lowest BCUT2D eigenvalue weighted by molar-refractivity contribution is -0.116. The van der Waals surface area contributed by atoms with Crippen LogP contribution >= 0.6 is 0 Å². The van der Waals surface area contributed by atoms with E-state index in [0.717, 1.165) is 16.8 Å². The van der Waals surface area contributed by atoms with Crippen LogP contribution in [0, 0.1) is 0 Å². The first kappa shape index (κ1) is 28.8. The number of Topliss-reactive ketones (excluding diaryl/α,β-unsaturated/α-hetero) is 1. The van der Waals surface area contributed by atoms with Crippen molar-refractivity contribution >= 4 is 17.4 Å². The molecule has 0 saturated carbocycles. The third-order valence-corrected chi connectivity index (χ3v) is 7.80. The van der Waals surface area contributed by atoms with Gasteiger partial charge in [0.1, 0.15) is 11.5 Å². The van der Waals surface area contributed by atoms with E-state index in [2.05, 4.69) is 10.6 Å². The normalized spacial score (nSPS) is 18.2. The van der Waals surface area contributed by atoms with Crippen LogP contribution in [0.3, 0.4) is 0 Å². The van der Waals surface area contributed by atoms with Crippen molar-refractivity contribution in [2.75, 3.05) is 33.3 Å². The zero-order valence-corrected chi connectivity index (χ0v) is 24.6. The molecule has 0 unspecified atom stereocenters. The van der Waals surface area contributed by atoms with Gasteiger partial charge in [0, 0.05) is 40.6 Å². The molecule has 42 heavy (non-hydrogen) atoms. The number of nitrogens with one attached hydrogen (secondary N) is 2. The lowest BCUT2D eigenvalue weighted by Crippen LogP contribution is -2.37. The highest BCUT2D eigenvalue weighted by atomic mass is 16.5. The first-order valence-electron chi connectivity index (χ1n) is 14.0. The molecule has 2 aliphatic rings. The Balaban J connectivity index is 1.54. The second kappa shape index (κ2) is 12.4. The van der Waals surface area contributed by atoms with Crippen LogP contribution in [0.15, 0.2) is 89.3 Å². The Morgan fingerprint density at radius 2 is 1.64 bits per heavy atom. The summed E-state index contributed by atoms with van der Waals surface area (Å²) in [6.45, 7) is 4.32. The largest absolute Gasteiger partial charge is 0.497 e. The highest BCUT2D eigenvalue weighted by molar-refractivity contribution is 6.10. The second-order valence-corrected chi connectivity index (χ2v) is 10.3. The molecule has 3 aromatic carbocycles. The van der Waals surface area contributed by atoms with Crippen molar-refractivity contribution in [3.63, 3.8) is 0 Å². The first-order valence-corrected chi connectivity index (χ1v) is 14.0. The predicted molar refractivity (Wildman–Crippen MR) is 161 cm³/mol. The number of carbonyl (C=O) groups excluding carboxylic acids is 2. The zero-order chi connectivity index (χ0) is 29.8. The van der Waals surface area contributed by atoms with Crippen molar-refractivity contribution in [3.05, 3.63) is 100 Å². The van der Waals surface area contributed by atoms with Gasteiger partial charge < -0.3 is 29.6 Å². The Labute approximate surface area is 246 Å². The topological polar surface area (TPSA) is 95.1 Å². The Hall–Kier alpha value is -4.72. The van der Waals surface area contributed by atoms with Crippen LogP contribution in [0.1, 0.15) is 49.7 Å². The van der Waals surface area contributed by atoms with Gasteiger partial charge in [-0.1, -0.05) is 18.2 Å². The predicted octanol–water partition coefficient (Wildman–Crippen LogP) is 6.11. The van der Waals surface area contributed by atoms with Gasteiger partial charge in [0.25, 0.3) is 5.91 Å². The van der Waals surface area contributed by atoms with Crippen molar-refractivity contribution in [2.24, 2.45) is 0 Å². The number of dihydropyridines is 1. The Bertz CT molecular complexity index is 1560. The summed E-state index contributed by atoms with van der Waals surface area (Å²) in [5, 5.41) is 6.46. The molecule has 0 fully saturated rings. The number of methoxy groups -OCH3 is 3. The molecular weight excluding hydrogens is 532 g/mol. The number of anilines is 1. The summed E-state index contributed by atoms with van der Waals surface area (Å²) in [7, 11) is 4.80. The van der Waals surface area contributed by atoms with E-state index in [1.165, 1.54) is 0 Å². The van der Waals surface area contributed by atoms with Crippen molar-refractivity contribution in [2.45, 2.75) is 38.5 Å². The molecule has 0 saturated heterocycles. The molecule has 1 aliphatic carbocycles. The number of amides is 1. The Kier molecular flexibility index (Phi) is 8.52. The fourth-order valence-corrected chi connectivity index (χ4v) is 5.84. The van der Waals surface area contributed by atoms with Gasteiger partial charge in [-0.3, -0.25) is 9.59 Å². The smallest absolute Gasteiger partial charge is 0.254 e. The summed E-state index contributed by atoms with van der Waals surface area (Å²) in [4.78, 5) is 27.9. The minimum absolute atomic E-state index is 0.00223. The van der Waals surface area contributed by atoms with Gasteiger partial charge in [-0.25, -0.2) is 0 Å². The number of benzene rings is 3. The van der Waals surface area contributed by atoms with Gasteiger partial charge in [0.05, 0.1) is 27.9 Å². The highest BCUT2D eigenvalue weighted by Crippen LogP contribution is 2.47. The van der Waals surface area contributed by atoms with Crippen LogP contribution in [0.4, 0.5) is 5.69 Å². The summed E-state index contributed by atoms with van der Waals surface area (Å²) in [6.07, 6.45) is 0.924. The molecule has 2 atom stereocenters. The quantitative estimate of drug-likeness (QED) is 0.322. The molecule has 0 bridgehead atoms. The molecule has 3 aromatic rings. The number of carbonyl (C=O) groups is 2. The third kappa shape index (κ3) is 5.70. The molecule has 0 spiro atoms. The van der Waals surface area contributed by atoms with Gasteiger partial charge in [0.2, 0.25) is 0 Å². The van der Waals surface area contributed by atoms with Crippen LogP contribution in [0.25, 0.3) is 0 Å². The lowest BCUT2D eigenvalue weighted by atomic mass is 9.71. The van der Waals surface area contributed by atoms with Gasteiger partial charge in [-0.05, 0) is 85.8 Å². The standard InChI is InChI=1S/C34H36N2O6/c1-6-42-26-9-7-8-22(16-26)32-31(34(38)36-24-11-13-25(39-3)14-12-24)20(2)35-27-17-23(18-28(37)33(27)32)21-10-15-29(40-4)30(19-21)41-5/h7-16,19,23,32,35H,6,17-18H2,1-5H3,(H,36,38)/t23-,32-/m0/s1. The van der Waals surface area contributed by atoms with Crippen LogP contribution in [0.5, 0.6) is 23.0 Å². The van der Waals surface area contributed by atoms with Gasteiger partial charge >= 0.3 is 0 Å². The van der Waals surface area contributed by atoms with Crippen LogP contribution < -0.4 is 29.6 Å². The van der Waals surface area contributed by atoms with E-state index >= 15 is 0 Å². The Morgan fingerprint density at radius 1 is 0.881 bits per heavy atom. The zero-order valence-electron chi connectivity index (χ0n) is 24.6. The molecule has 218 valence electrons. The minimum Gasteiger partial charge on any atom is -0.497 e. The molecule has 1 heterocycles. The number of ketones is 1. The molecule has 8 heteroatoms. The number of rotatable bonds is 9. The summed E-state index contributed by atoms with van der Waals surface area (Å²) in [6, 6.07) is 20.6. The van der Waals surface area contributed by atoms with Crippen LogP contribution in [0.2, 0.25) is 0 Å². The van der Waals surface area contributed by atoms with E-state index in [1.807, 2.05) is 56.3 Å². The summed E-state index contributed by atoms with van der Waals surface area (Å²) >= 11 is 0. The molecule has 0 radical (unpaired) electrons. The SMILES string of the molecule is CCOc1cccc([C@H]2C(C(=O)Nc3ccc(OC)cc3)=C(C)NC3=C2C(=O)C[C@@H](c2ccc(OC)c(OC)c2)C3)c1. The molecule has 2 N–H and O–H groups in total. The molecule has 0 aromatic heterocycles. The van der Waals surface area contributed by atoms with E-state index in [1.54, 1.807) is 45.6 Å².